The van der Waals surface area contributed by atoms with Gasteiger partial charge in [0.05, 0.1) is 16.5 Å². The summed E-state index contributed by atoms with van der Waals surface area (Å²) < 4.78 is 6.30. The van der Waals surface area contributed by atoms with Gasteiger partial charge in [-0.05, 0) is 105 Å². The first kappa shape index (κ1) is 34.4. The largest absolute Gasteiger partial charge is 0.506 e. The Hall–Kier alpha value is -4.07. The van der Waals surface area contributed by atoms with Gasteiger partial charge in [-0.15, -0.1) is 11.3 Å². The maximum absolute atomic E-state index is 14.0. The zero-order chi connectivity index (χ0) is 34.7. The highest BCUT2D eigenvalue weighted by atomic mass is 32.1. The lowest BCUT2D eigenvalue weighted by molar-refractivity contribution is -0.167. The molecule has 8 rings (SSSR count). The number of unbranched alkanes of at least 4 members (excludes halogenated alkanes) is 1. The standard InChI is InChI=1S/C38H45N5O6S/c44-30-10-8-27(28-9-12-34(46)42-35(28)30)31(45)22-39-17-3-4-18-40-36(47)33-11-7-26(50-33)21-41-38(16-13-24-5-1-2-6-29(24)38)37(48)49-32-23-43-19-14-25(32)15-20-43/h1-2,5-12,25,31-32,39,41,44-45H,3-4,13-23H2,(H,40,47)(H,42,46)/t31?,32?,38-/m1/s1. The third-order valence-electron chi connectivity index (χ3n) is 10.6. The predicted octanol–water partition coefficient (Wildman–Crippen LogP) is 3.70. The minimum Gasteiger partial charge on any atom is -0.506 e. The number of hydrogen-bond donors (Lipinski definition) is 6. The van der Waals surface area contributed by atoms with Gasteiger partial charge < -0.3 is 30.6 Å². The van der Waals surface area contributed by atoms with Crippen LogP contribution in [0.4, 0.5) is 0 Å². The van der Waals surface area contributed by atoms with Crippen LogP contribution in [0.2, 0.25) is 0 Å². The summed E-state index contributed by atoms with van der Waals surface area (Å²) in [6.45, 7) is 4.94. The molecule has 0 saturated carbocycles. The fraction of sp³-hybridized carbons (Fsp3) is 0.447. The van der Waals surface area contributed by atoms with Crippen LogP contribution in [-0.4, -0.2) is 77.3 Å². The fourth-order valence-electron chi connectivity index (χ4n) is 7.76. The van der Waals surface area contributed by atoms with Crippen LogP contribution in [-0.2, 0) is 28.0 Å². The predicted molar refractivity (Wildman–Crippen MR) is 192 cm³/mol. The van der Waals surface area contributed by atoms with E-state index < -0.39 is 11.6 Å². The van der Waals surface area contributed by atoms with Gasteiger partial charge >= 0.3 is 5.97 Å². The third-order valence-corrected chi connectivity index (χ3v) is 11.7. The number of piperidine rings is 3. The first-order valence-corrected chi connectivity index (χ1v) is 18.5. The number of carbonyl (C=O) groups is 2. The number of phenolic OH excluding ortho intramolecular Hbond substituents is 1. The molecule has 1 aliphatic carbocycles. The van der Waals surface area contributed by atoms with Crippen LogP contribution >= 0.6 is 11.3 Å². The van der Waals surface area contributed by atoms with Crippen LogP contribution in [0.1, 0.15) is 69.4 Å². The average molecular weight is 700 g/mol. The van der Waals surface area contributed by atoms with Crippen molar-refractivity contribution in [2.45, 2.75) is 62.8 Å². The summed E-state index contributed by atoms with van der Waals surface area (Å²) in [7, 11) is 0. The lowest BCUT2D eigenvalue weighted by atomic mass is 9.85. The zero-order valence-electron chi connectivity index (χ0n) is 28.1. The number of aryl methyl sites for hydroxylation is 1. The van der Waals surface area contributed by atoms with Crippen LogP contribution in [0.3, 0.4) is 0 Å². The number of H-pyrrole nitrogens is 1. The van der Waals surface area contributed by atoms with E-state index in [4.69, 9.17) is 4.74 Å². The molecule has 2 aromatic carbocycles. The summed E-state index contributed by atoms with van der Waals surface area (Å²) >= 11 is 1.43. The van der Waals surface area contributed by atoms with Crippen LogP contribution in [0.25, 0.3) is 10.9 Å². The van der Waals surface area contributed by atoms with Gasteiger partial charge in [-0.1, -0.05) is 30.3 Å². The van der Waals surface area contributed by atoms with Crippen LogP contribution < -0.4 is 21.5 Å². The molecular formula is C38H45N5O6S. The minimum atomic E-state index is -0.906. The van der Waals surface area contributed by atoms with Crippen molar-refractivity contribution >= 4 is 34.1 Å². The smallest absolute Gasteiger partial charge is 0.331 e. The number of aromatic amines is 1. The number of aromatic hydroxyl groups is 1. The molecule has 0 radical (unpaired) electrons. The zero-order valence-corrected chi connectivity index (χ0v) is 28.9. The molecule has 0 spiro atoms. The SMILES string of the molecule is O=C(NCCCCNCC(O)c1ccc(O)c2[nH]c(=O)ccc12)c1ccc(CN[C@]2(C(=O)OC3CN4CCC3CC4)CCc3ccccc32)s1. The van der Waals surface area contributed by atoms with E-state index in [2.05, 4.69) is 31.9 Å². The molecule has 3 atom stereocenters. The number of nitrogens with zero attached hydrogens (tertiary/aromatic N) is 1. The van der Waals surface area contributed by atoms with E-state index in [1.54, 1.807) is 12.1 Å². The molecule has 264 valence electrons. The van der Waals surface area contributed by atoms with Crippen molar-refractivity contribution < 1.29 is 24.5 Å². The lowest BCUT2D eigenvalue weighted by Gasteiger charge is -2.45. The topological polar surface area (TPSA) is 156 Å². The number of esters is 1. The minimum absolute atomic E-state index is 0.0423. The van der Waals surface area contributed by atoms with Crippen molar-refractivity contribution in [2.24, 2.45) is 5.92 Å². The number of rotatable bonds is 14. The Morgan fingerprint density at radius 1 is 1.04 bits per heavy atom. The van der Waals surface area contributed by atoms with Gasteiger partial charge in [-0.2, -0.15) is 0 Å². The highest BCUT2D eigenvalue weighted by molar-refractivity contribution is 7.14. The molecule has 3 saturated heterocycles. The van der Waals surface area contributed by atoms with Crippen molar-refractivity contribution in [1.29, 1.82) is 0 Å². The number of fused-ring (bicyclic) bond motifs is 5. The first-order valence-electron chi connectivity index (χ1n) is 17.7. The molecule has 4 aliphatic rings. The Kier molecular flexibility index (Phi) is 10.3. The first-order chi connectivity index (χ1) is 24.3. The highest BCUT2D eigenvalue weighted by Crippen LogP contribution is 2.40. The Morgan fingerprint density at radius 3 is 2.68 bits per heavy atom. The van der Waals surface area contributed by atoms with E-state index in [0.29, 0.717) is 59.9 Å². The highest BCUT2D eigenvalue weighted by Gasteiger charge is 2.48. The Balaban J connectivity index is 0.870. The molecule has 2 unspecified atom stereocenters. The summed E-state index contributed by atoms with van der Waals surface area (Å²) in [5.74, 6) is 0.0859. The van der Waals surface area contributed by atoms with Crippen LogP contribution in [0.15, 0.2) is 65.5 Å². The number of hydrogen-bond acceptors (Lipinski definition) is 10. The van der Waals surface area contributed by atoms with Crippen LogP contribution in [0, 0.1) is 5.92 Å². The molecule has 2 aromatic heterocycles. The van der Waals surface area contributed by atoms with Crippen molar-refractivity contribution in [3.8, 4) is 5.75 Å². The van der Waals surface area contributed by atoms with E-state index in [1.165, 1.54) is 29.0 Å². The molecule has 2 bridgehead atoms. The molecule has 3 fully saturated rings. The number of carbonyl (C=O) groups excluding carboxylic acids is 2. The van der Waals surface area contributed by atoms with Crippen molar-refractivity contribution in [1.82, 2.24) is 25.8 Å². The second-order valence-corrected chi connectivity index (χ2v) is 14.9. The number of phenols is 1. The molecule has 12 heteroatoms. The Labute approximate surface area is 295 Å². The molecule has 6 N–H and O–H groups in total. The normalized spacial score (nSPS) is 23.1. The maximum atomic E-state index is 14.0. The molecular weight excluding hydrogens is 655 g/mol. The second-order valence-electron chi connectivity index (χ2n) is 13.7. The van der Waals surface area contributed by atoms with Gasteiger partial charge in [-0.3, -0.25) is 19.8 Å². The summed E-state index contributed by atoms with van der Waals surface area (Å²) in [5, 5.41) is 31.3. The van der Waals surface area contributed by atoms with Crippen molar-refractivity contribution in [3.63, 3.8) is 0 Å². The number of amides is 1. The number of aliphatic hydroxyl groups excluding tert-OH is 1. The number of ether oxygens (including phenoxy) is 1. The molecule has 4 aromatic rings. The third kappa shape index (κ3) is 7.22. The summed E-state index contributed by atoms with van der Waals surface area (Å²) in [4.78, 5) is 45.2. The van der Waals surface area contributed by atoms with Gasteiger partial charge in [0.1, 0.15) is 17.4 Å². The van der Waals surface area contributed by atoms with Gasteiger partial charge in [0.25, 0.3) is 5.91 Å². The van der Waals surface area contributed by atoms with E-state index in [-0.39, 0.29) is 29.3 Å². The van der Waals surface area contributed by atoms with Gasteiger partial charge in [0.15, 0.2) is 0 Å². The van der Waals surface area contributed by atoms with Crippen molar-refractivity contribution in [2.75, 3.05) is 39.3 Å². The maximum Gasteiger partial charge on any atom is 0.331 e. The summed E-state index contributed by atoms with van der Waals surface area (Å²) in [5.41, 5.74) is 1.87. The summed E-state index contributed by atoms with van der Waals surface area (Å²) in [6, 6.07) is 18.0. The number of aliphatic hydroxyl groups is 1. The number of benzene rings is 2. The van der Waals surface area contributed by atoms with E-state index in [9.17, 15) is 24.6 Å². The van der Waals surface area contributed by atoms with Crippen molar-refractivity contribution in [3.05, 3.63) is 97.5 Å². The van der Waals surface area contributed by atoms with Gasteiger partial charge in [-0.25, -0.2) is 4.79 Å². The quantitative estimate of drug-likeness (QED) is 0.0854. The van der Waals surface area contributed by atoms with E-state index in [0.717, 1.165) is 62.2 Å². The van der Waals surface area contributed by atoms with Gasteiger partial charge in [0.2, 0.25) is 5.56 Å². The summed E-state index contributed by atoms with van der Waals surface area (Å²) in [6.07, 6.45) is 4.32. The molecule has 1 amide bonds. The monoisotopic (exact) mass is 699 g/mol. The van der Waals surface area contributed by atoms with Crippen LogP contribution in [0.5, 0.6) is 5.75 Å². The number of nitrogens with one attached hydrogen (secondary N) is 4. The molecule has 11 nitrogen and oxygen atoms in total. The van der Waals surface area contributed by atoms with E-state index >= 15 is 0 Å². The molecule has 5 heterocycles. The number of pyridine rings is 1. The Bertz CT molecular complexity index is 1900. The van der Waals surface area contributed by atoms with Gasteiger partial charge in [0, 0.05) is 42.5 Å². The number of aromatic nitrogens is 1. The van der Waals surface area contributed by atoms with E-state index in [1.807, 2.05) is 30.3 Å². The fourth-order valence-corrected chi connectivity index (χ4v) is 8.62. The molecule has 50 heavy (non-hydrogen) atoms. The second kappa shape index (κ2) is 15.0. The average Bonchev–Trinajstić information content (AvgIpc) is 3.77. The lowest BCUT2D eigenvalue weighted by Crippen LogP contribution is -2.55. The number of thiophene rings is 1. The Morgan fingerprint density at radius 2 is 1.86 bits per heavy atom. The molecule has 3 aliphatic heterocycles.